The zero-order valence-corrected chi connectivity index (χ0v) is 13.2. The smallest absolute Gasteiger partial charge is 0.328 e. The Morgan fingerprint density at radius 1 is 1.16 bits per heavy atom. The lowest BCUT2D eigenvalue weighted by molar-refractivity contribution is 0.195. The van der Waals surface area contributed by atoms with Crippen molar-refractivity contribution in [1.29, 1.82) is 0 Å². The van der Waals surface area contributed by atoms with E-state index in [-0.39, 0.29) is 15.9 Å². The van der Waals surface area contributed by atoms with E-state index in [9.17, 15) is 8.42 Å². The number of furan rings is 1. The maximum Gasteiger partial charge on any atom is 0.328 e. The van der Waals surface area contributed by atoms with E-state index in [0.717, 1.165) is 12.8 Å². The van der Waals surface area contributed by atoms with Gasteiger partial charge in [0.2, 0.25) is 5.09 Å². The molecule has 4 nitrogen and oxygen atoms in total. The molecule has 0 unspecified atom stereocenters. The monoisotopic (exact) mass is 288 g/mol. The first-order chi connectivity index (χ1) is 8.39. The molecule has 0 aliphatic rings. The van der Waals surface area contributed by atoms with Crippen molar-refractivity contribution in [3.63, 3.8) is 0 Å². The molecular weight excluding hydrogens is 264 g/mol. The van der Waals surface area contributed by atoms with Crippen LogP contribution < -0.4 is 0 Å². The number of aryl methyl sites for hydroxylation is 1. The van der Waals surface area contributed by atoms with Crippen LogP contribution in [-0.4, -0.2) is 13.0 Å². The minimum atomic E-state index is -4.23. The predicted molar refractivity (Wildman–Crippen MR) is 74.7 cm³/mol. The largest absolute Gasteiger partial charge is 0.447 e. The standard InChI is InChI=1S/C14H24O4S/c1-13(2,3)10-14(4,5)9-8-11-6-7-12(18-11)19(15,16)17/h6-7H,8-10H2,1-5H3,(H,15,16,17). The molecule has 1 aromatic heterocycles. The van der Waals surface area contributed by atoms with E-state index in [1.54, 1.807) is 6.07 Å². The normalized spacial score (nSPS) is 13.8. The Morgan fingerprint density at radius 3 is 2.16 bits per heavy atom. The first-order valence-corrected chi connectivity index (χ1v) is 7.89. The van der Waals surface area contributed by atoms with Gasteiger partial charge in [0.25, 0.3) is 0 Å². The van der Waals surface area contributed by atoms with Crippen LogP contribution in [-0.2, 0) is 16.5 Å². The Hall–Kier alpha value is -0.810. The van der Waals surface area contributed by atoms with Crippen LogP contribution in [0.5, 0.6) is 0 Å². The lowest BCUT2D eigenvalue weighted by Crippen LogP contribution is -2.21. The highest BCUT2D eigenvalue weighted by Crippen LogP contribution is 2.36. The molecule has 19 heavy (non-hydrogen) atoms. The SMILES string of the molecule is CC(C)(C)CC(C)(C)CCc1ccc(S(=O)(=O)O)o1. The number of hydrogen-bond acceptors (Lipinski definition) is 3. The molecule has 5 heteroatoms. The van der Waals surface area contributed by atoms with Gasteiger partial charge in [-0.25, -0.2) is 0 Å². The van der Waals surface area contributed by atoms with Gasteiger partial charge in [-0.1, -0.05) is 34.6 Å². The van der Waals surface area contributed by atoms with Gasteiger partial charge in [-0.3, -0.25) is 4.55 Å². The molecule has 0 atom stereocenters. The van der Waals surface area contributed by atoms with Gasteiger partial charge in [0, 0.05) is 6.42 Å². The minimum absolute atomic E-state index is 0.156. The highest BCUT2D eigenvalue weighted by atomic mass is 32.2. The number of hydrogen-bond donors (Lipinski definition) is 1. The third-order valence-electron chi connectivity index (χ3n) is 2.95. The van der Waals surface area contributed by atoms with Crippen LogP contribution in [0, 0.1) is 10.8 Å². The van der Waals surface area contributed by atoms with Crippen LogP contribution in [0.1, 0.15) is 53.2 Å². The van der Waals surface area contributed by atoms with E-state index in [4.69, 9.17) is 8.97 Å². The van der Waals surface area contributed by atoms with Crippen LogP contribution in [0.3, 0.4) is 0 Å². The van der Waals surface area contributed by atoms with Crippen molar-refractivity contribution in [2.75, 3.05) is 0 Å². The molecule has 0 fully saturated rings. The molecule has 0 aliphatic heterocycles. The molecule has 0 aliphatic carbocycles. The average molecular weight is 288 g/mol. The zero-order chi connectivity index (χ0) is 14.9. The molecule has 0 amide bonds. The summed E-state index contributed by atoms with van der Waals surface area (Å²) >= 11 is 0. The van der Waals surface area contributed by atoms with E-state index in [2.05, 4.69) is 34.6 Å². The Kier molecular flexibility index (Phi) is 4.52. The maximum atomic E-state index is 10.9. The zero-order valence-electron chi connectivity index (χ0n) is 12.4. The molecule has 1 rings (SSSR count). The van der Waals surface area contributed by atoms with E-state index >= 15 is 0 Å². The van der Waals surface area contributed by atoms with Crippen molar-refractivity contribution < 1.29 is 17.4 Å². The fourth-order valence-electron chi connectivity index (χ4n) is 2.62. The van der Waals surface area contributed by atoms with Crippen molar-refractivity contribution >= 4 is 10.1 Å². The first kappa shape index (κ1) is 16.2. The van der Waals surface area contributed by atoms with Crippen LogP contribution in [0.4, 0.5) is 0 Å². The van der Waals surface area contributed by atoms with Crippen LogP contribution in [0.15, 0.2) is 21.6 Å². The van der Waals surface area contributed by atoms with Crippen molar-refractivity contribution in [1.82, 2.24) is 0 Å². The topological polar surface area (TPSA) is 67.5 Å². The Balaban J connectivity index is 2.65. The molecule has 1 aromatic rings. The molecular formula is C14H24O4S. The summed E-state index contributed by atoms with van der Waals surface area (Å²) in [6.45, 7) is 11.0. The van der Waals surface area contributed by atoms with Gasteiger partial charge in [-0.2, -0.15) is 8.42 Å². The summed E-state index contributed by atoms with van der Waals surface area (Å²) < 4.78 is 35.8. The van der Waals surface area contributed by atoms with E-state index in [1.807, 2.05) is 0 Å². The fourth-order valence-corrected chi connectivity index (χ4v) is 3.07. The molecule has 1 heterocycles. The molecule has 0 radical (unpaired) electrons. The lowest BCUT2D eigenvalue weighted by atomic mass is 9.74. The summed E-state index contributed by atoms with van der Waals surface area (Å²) in [5.74, 6) is 0.592. The Morgan fingerprint density at radius 2 is 1.74 bits per heavy atom. The summed E-state index contributed by atoms with van der Waals surface area (Å²) in [6.07, 6.45) is 2.65. The van der Waals surface area contributed by atoms with Crippen molar-refractivity contribution in [2.45, 2.75) is 59.0 Å². The van der Waals surface area contributed by atoms with Gasteiger partial charge in [-0.15, -0.1) is 0 Å². The van der Waals surface area contributed by atoms with Crippen LogP contribution in [0.2, 0.25) is 0 Å². The van der Waals surface area contributed by atoms with Gasteiger partial charge in [0.1, 0.15) is 5.76 Å². The third kappa shape index (κ3) is 5.78. The molecule has 0 bridgehead atoms. The minimum Gasteiger partial charge on any atom is -0.447 e. The second-order valence-corrected chi connectivity index (χ2v) is 8.45. The second kappa shape index (κ2) is 5.29. The second-order valence-electron chi connectivity index (χ2n) is 7.10. The molecule has 110 valence electrons. The molecule has 1 N–H and O–H groups in total. The summed E-state index contributed by atoms with van der Waals surface area (Å²) in [4.78, 5) is 0. The van der Waals surface area contributed by atoms with Crippen molar-refractivity contribution in [2.24, 2.45) is 10.8 Å². The van der Waals surface area contributed by atoms with E-state index in [1.165, 1.54) is 6.07 Å². The third-order valence-corrected chi connectivity index (χ3v) is 3.68. The quantitative estimate of drug-likeness (QED) is 0.834. The van der Waals surface area contributed by atoms with Gasteiger partial charge in [0.05, 0.1) is 0 Å². The maximum absolute atomic E-state index is 10.9. The summed E-state index contributed by atoms with van der Waals surface area (Å²) in [6, 6.07) is 2.90. The van der Waals surface area contributed by atoms with E-state index < -0.39 is 10.1 Å². The molecule has 0 aromatic carbocycles. The Labute approximate surface area is 116 Å². The summed E-state index contributed by atoms with van der Waals surface area (Å²) in [5.41, 5.74) is 0.412. The molecule has 0 saturated heterocycles. The van der Waals surface area contributed by atoms with Gasteiger partial charge < -0.3 is 4.42 Å². The number of rotatable bonds is 5. The van der Waals surface area contributed by atoms with Crippen molar-refractivity contribution in [3.8, 4) is 0 Å². The summed E-state index contributed by atoms with van der Waals surface area (Å²) in [5, 5.41) is -0.379. The van der Waals surface area contributed by atoms with Gasteiger partial charge in [-0.05, 0) is 35.8 Å². The predicted octanol–water partition coefficient (Wildman–Crippen LogP) is 3.92. The van der Waals surface area contributed by atoms with Crippen molar-refractivity contribution in [3.05, 3.63) is 17.9 Å². The van der Waals surface area contributed by atoms with Gasteiger partial charge in [0.15, 0.2) is 0 Å². The fraction of sp³-hybridized carbons (Fsp3) is 0.714. The van der Waals surface area contributed by atoms with Crippen LogP contribution >= 0.6 is 0 Å². The summed E-state index contributed by atoms with van der Waals surface area (Å²) in [7, 11) is -4.23. The van der Waals surface area contributed by atoms with E-state index in [0.29, 0.717) is 12.2 Å². The highest BCUT2D eigenvalue weighted by molar-refractivity contribution is 7.85. The van der Waals surface area contributed by atoms with Crippen LogP contribution in [0.25, 0.3) is 0 Å². The highest BCUT2D eigenvalue weighted by Gasteiger charge is 2.26. The first-order valence-electron chi connectivity index (χ1n) is 6.45. The Bertz CT molecular complexity index is 518. The molecule has 0 saturated carbocycles. The van der Waals surface area contributed by atoms with Gasteiger partial charge >= 0.3 is 10.1 Å². The lowest BCUT2D eigenvalue weighted by Gasteiger charge is -2.32. The average Bonchev–Trinajstić information content (AvgIpc) is 2.58. The molecule has 0 spiro atoms.